The molecule has 1 saturated carbocycles. The summed E-state index contributed by atoms with van der Waals surface area (Å²) in [6.07, 6.45) is 4.16. The van der Waals surface area contributed by atoms with Gasteiger partial charge < -0.3 is 15.8 Å². The molecule has 0 unspecified atom stereocenters. The Balaban J connectivity index is 1.99. The van der Waals surface area contributed by atoms with Crippen LogP contribution in [0.5, 0.6) is 0 Å². The van der Waals surface area contributed by atoms with Gasteiger partial charge in [-0.25, -0.2) is 4.79 Å². The number of rotatable bonds is 5. The normalized spacial score (nSPS) is 16.2. The molecule has 1 aliphatic carbocycles. The third-order valence-electron chi connectivity index (χ3n) is 4.07. The molecule has 0 bridgehead atoms. The fourth-order valence-electron chi connectivity index (χ4n) is 2.68. The first kappa shape index (κ1) is 17.7. The van der Waals surface area contributed by atoms with Crippen LogP contribution in [0.1, 0.15) is 49.4 Å². The molecule has 3 N–H and O–H groups in total. The van der Waals surface area contributed by atoms with Crippen LogP contribution < -0.4 is 11.1 Å². The van der Waals surface area contributed by atoms with Crippen LogP contribution in [0.25, 0.3) is 0 Å². The van der Waals surface area contributed by atoms with Crippen LogP contribution in [0.4, 0.5) is 11.4 Å². The summed E-state index contributed by atoms with van der Waals surface area (Å²) < 4.78 is 5.10. The molecule has 1 atom stereocenters. The minimum atomic E-state index is -1.00. The van der Waals surface area contributed by atoms with Crippen molar-refractivity contribution in [3.8, 4) is 0 Å². The number of carbonyl (C=O) groups is 2. The molecule has 8 heteroatoms. The van der Waals surface area contributed by atoms with Crippen molar-refractivity contribution < 1.29 is 19.2 Å². The van der Waals surface area contributed by atoms with Gasteiger partial charge in [-0.05, 0) is 25.8 Å². The molecule has 8 nitrogen and oxygen atoms in total. The molecule has 1 aliphatic rings. The number of nitrogen functional groups attached to an aromatic ring is 1. The van der Waals surface area contributed by atoms with E-state index >= 15 is 0 Å². The molecule has 1 fully saturated rings. The van der Waals surface area contributed by atoms with Crippen molar-refractivity contribution in [1.29, 1.82) is 0 Å². The Hall–Kier alpha value is -2.64. The minimum Gasteiger partial charge on any atom is -0.449 e. The first-order chi connectivity index (χ1) is 11.4. The second-order valence-corrected chi connectivity index (χ2v) is 5.92. The first-order valence-electron chi connectivity index (χ1n) is 7.93. The summed E-state index contributed by atoms with van der Waals surface area (Å²) in [5, 5.41) is 13.7. The second-order valence-electron chi connectivity index (χ2n) is 5.92. The highest BCUT2D eigenvalue weighted by Gasteiger charge is 2.24. The van der Waals surface area contributed by atoms with E-state index in [1.54, 1.807) is 0 Å². The highest BCUT2D eigenvalue weighted by molar-refractivity contribution is 5.97. The Labute approximate surface area is 139 Å². The number of nitro groups is 1. The van der Waals surface area contributed by atoms with Gasteiger partial charge in [-0.3, -0.25) is 14.9 Å². The van der Waals surface area contributed by atoms with E-state index in [2.05, 4.69) is 5.32 Å². The predicted octanol–water partition coefficient (Wildman–Crippen LogP) is 2.17. The van der Waals surface area contributed by atoms with Crippen molar-refractivity contribution in [2.24, 2.45) is 0 Å². The fourth-order valence-corrected chi connectivity index (χ4v) is 2.68. The van der Waals surface area contributed by atoms with Gasteiger partial charge in [-0.15, -0.1) is 0 Å². The van der Waals surface area contributed by atoms with Gasteiger partial charge in [0, 0.05) is 23.9 Å². The van der Waals surface area contributed by atoms with E-state index < -0.39 is 17.0 Å². The largest absolute Gasteiger partial charge is 0.449 e. The van der Waals surface area contributed by atoms with Gasteiger partial charge in [0.1, 0.15) is 0 Å². The lowest BCUT2D eigenvalue weighted by molar-refractivity contribution is -0.384. The molecule has 1 aromatic carbocycles. The number of nitrogens with one attached hydrogen (secondary N) is 1. The van der Waals surface area contributed by atoms with Crippen LogP contribution in [0.2, 0.25) is 0 Å². The van der Waals surface area contributed by atoms with E-state index in [0.717, 1.165) is 31.7 Å². The summed E-state index contributed by atoms with van der Waals surface area (Å²) >= 11 is 0. The summed E-state index contributed by atoms with van der Waals surface area (Å²) in [4.78, 5) is 34.4. The van der Waals surface area contributed by atoms with E-state index in [0.29, 0.717) is 0 Å². The number of anilines is 1. The predicted molar refractivity (Wildman–Crippen MR) is 87.4 cm³/mol. The van der Waals surface area contributed by atoms with E-state index in [-0.39, 0.29) is 28.9 Å². The topological polar surface area (TPSA) is 125 Å². The molecule has 24 heavy (non-hydrogen) atoms. The Bertz CT molecular complexity index is 641. The van der Waals surface area contributed by atoms with Crippen LogP contribution in [-0.2, 0) is 9.53 Å². The van der Waals surface area contributed by atoms with Crippen molar-refractivity contribution >= 4 is 23.3 Å². The number of amides is 1. The smallest absolute Gasteiger partial charge is 0.341 e. The Morgan fingerprint density at radius 2 is 2.00 bits per heavy atom. The number of nitrogens with zero attached hydrogens (tertiary/aromatic N) is 1. The van der Waals surface area contributed by atoms with Crippen molar-refractivity contribution in [2.45, 2.75) is 51.2 Å². The number of hydrogen-bond donors (Lipinski definition) is 2. The highest BCUT2D eigenvalue weighted by Crippen LogP contribution is 2.21. The molecule has 130 valence electrons. The monoisotopic (exact) mass is 335 g/mol. The number of carbonyl (C=O) groups excluding carboxylic acids is 2. The van der Waals surface area contributed by atoms with Gasteiger partial charge in [-0.2, -0.15) is 0 Å². The van der Waals surface area contributed by atoms with Gasteiger partial charge in [0.05, 0.1) is 10.5 Å². The van der Waals surface area contributed by atoms with E-state index in [9.17, 15) is 19.7 Å². The summed E-state index contributed by atoms with van der Waals surface area (Å²) in [5.41, 5.74) is 5.34. The van der Waals surface area contributed by atoms with Crippen molar-refractivity contribution in [3.05, 3.63) is 33.9 Å². The zero-order chi connectivity index (χ0) is 17.7. The molecule has 2 rings (SSSR count). The molecular formula is C16H21N3O5. The lowest BCUT2D eigenvalue weighted by atomic mass is 9.95. The first-order valence-corrected chi connectivity index (χ1v) is 7.93. The Morgan fingerprint density at radius 3 is 2.62 bits per heavy atom. The number of non-ortho nitro benzene ring substituents is 1. The van der Waals surface area contributed by atoms with Gasteiger partial charge in [0.25, 0.3) is 11.6 Å². The lowest BCUT2D eigenvalue weighted by Crippen LogP contribution is -2.42. The van der Waals surface area contributed by atoms with E-state index in [1.165, 1.54) is 25.5 Å². The molecule has 0 aromatic heterocycles. The van der Waals surface area contributed by atoms with Crippen LogP contribution in [0, 0.1) is 10.1 Å². The third kappa shape index (κ3) is 4.43. The van der Waals surface area contributed by atoms with Gasteiger partial charge >= 0.3 is 5.97 Å². The summed E-state index contributed by atoms with van der Waals surface area (Å²) in [7, 11) is 0. The van der Waals surface area contributed by atoms with Gasteiger partial charge in [0.2, 0.25) is 0 Å². The van der Waals surface area contributed by atoms with Gasteiger partial charge in [-0.1, -0.05) is 19.3 Å². The number of benzene rings is 1. The Morgan fingerprint density at radius 1 is 1.33 bits per heavy atom. The SMILES string of the molecule is C[C@H](OC(=O)c1cc([N+](=O)[O-])ccc1N)C(=O)NC1CCCCC1. The number of nitro benzene ring substituents is 1. The summed E-state index contributed by atoms with van der Waals surface area (Å²) in [6, 6.07) is 3.62. The van der Waals surface area contributed by atoms with Crippen molar-refractivity contribution in [3.63, 3.8) is 0 Å². The maximum Gasteiger partial charge on any atom is 0.341 e. The highest BCUT2D eigenvalue weighted by atomic mass is 16.6. The van der Waals surface area contributed by atoms with Crippen LogP contribution >= 0.6 is 0 Å². The maximum atomic E-state index is 12.1. The van der Waals surface area contributed by atoms with E-state index in [4.69, 9.17) is 10.5 Å². The summed E-state index contributed by atoms with van der Waals surface area (Å²) in [6.45, 7) is 1.46. The second kappa shape index (κ2) is 7.76. The number of hydrogen-bond acceptors (Lipinski definition) is 6. The fraction of sp³-hybridized carbons (Fsp3) is 0.500. The molecule has 0 heterocycles. The zero-order valence-corrected chi connectivity index (χ0v) is 13.5. The number of esters is 1. The Kier molecular flexibility index (Phi) is 5.73. The van der Waals surface area contributed by atoms with E-state index in [1.807, 2.05) is 0 Å². The quantitative estimate of drug-likeness (QED) is 0.368. The molecule has 1 amide bonds. The zero-order valence-electron chi connectivity index (χ0n) is 13.5. The van der Waals surface area contributed by atoms with Crippen LogP contribution in [-0.4, -0.2) is 28.9 Å². The van der Waals surface area contributed by atoms with Gasteiger partial charge in [0.15, 0.2) is 6.10 Å². The minimum absolute atomic E-state index is 0.0606. The lowest BCUT2D eigenvalue weighted by Gasteiger charge is -2.24. The van der Waals surface area contributed by atoms with Crippen LogP contribution in [0.15, 0.2) is 18.2 Å². The molecular weight excluding hydrogens is 314 g/mol. The summed E-state index contributed by atoms with van der Waals surface area (Å²) in [5.74, 6) is -1.23. The molecule has 0 saturated heterocycles. The average molecular weight is 335 g/mol. The van der Waals surface area contributed by atoms with Crippen molar-refractivity contribution in [2.75, 3.05) is 5.73 Å². The van der Waals surface area contributed by atoms with Crippen molar-refractivity contribution in [1.82, 2.24) is 5.32 Å². The molecule has 0 spiro atoms. The average Bonchev–Trinajstić information content (AvgIpc) is 2.55. The number of ether oxygens (including phenoxy) is 1. The third-order valence-corrected chi connectivity index (χ3v) is 4.07. The maximum absolute atomic E-state index is 12.1. The molecule has 1 aromatic rings. The molecule has 0 aliphatic heterocycles. The molecule has 0 radical (unpaired) electrons. The standard InChI is InChI=1S/C16H21N3O5/c1-10(15(20)18-11-5-3-2-4-6-11)24-16(21)13-9-12(19(22)23)7-8-14(13)17/h7-11H,2-6,17H2,1H3,(H,18,20)/t10-/m0/s1. The van der Waals surface area contributed by atoms with Crippen LogP contribution in [0.3, 0.4) is 0 Å². The number of nitrogens with two attached hydrogens (primary N) is 1.